The first-order valence-corrected chi connectivity index (χ1v) is 10.6. The van der Waals surface area contributed by atoms with Crippen molar-refractivity contribution in [2.45, 2.75) is 19.9 Å². The van der Waals surface area contributed by atoms with Crippen LogP contribution in [-0.2, 0) is 9.59 Å². The lowest BCUT2D eigenvalue weighted by molar-refractivity contribution is -0.132. The van der Waals surface area contributed by atoms with Crippen LogP contribution in [-0.4, -0.2) is 33.5 Å². The van der Waals surface area contributed by atoms with Crippen molar-refractivity contribution in [3.8, 4) is 11.5 Å². The third kappa shape index (κ3) is 4.30. The SMILES string of the molecule is CC(C)COc1ccc(/C(O)=C2/C(=O)C(=O)N(c3ccccc3O)C2c2ccccn2)cc1. The summed E-state index contributed by atoms with van der Waals surface area (Å²) in [6, 6.07) is 17.0. The number of para-hydroxylation sites is 2. The fourth-order valence-corrected chi connectivity index (χ4v) is 3.69. The molecule has 1 unspecified atom stereocenters. The number of Topliss-reactive ketones (excluding diaryl/α,β-unsaturated/α-hetero) is 1. The Hall–Kier alpha value is -4.13. The molecule has 0 aliphatic carbocycles. The molecule has 2 heterocycles. The number of amides is 1. The molecule has 1 atom stereocenters. The van der Waals surface area contributed by atoms with Crippen LogP contribution in [0, 0.1) is 5.92 Å². The zero-order chi connectivity index (χ0) is 23.5. The third-order valence-electron chi connectivity index (χ3n) is 5.26. The van der Waals surface area contributed by atoms with Crippen LogP contribution in [0.15, 0.2) is 78.5 Å². The van der Waals surface area contributed by atoms with Crippen molar-refractivity contribution in [3.63, 3.8) is 0 Å². The van der Waals surface area contributed by atoms with Crippen molar-refractivity contribution < 1.29 is 24.5 Å². The van der Waals surface area contributed by atoms with E-state index < -0.39 is 17.7 Å². The van der Waals surface area contributed by atoms with E-state index in [-0.39, 0.29) is 22.8 Å². The van der Waals surface area contributed by atoms with Crippen LogP contribution in [0.1, 0.15) is 31.1 Å². The van der Waals surface area contributed by atoms with Crippen molar-refractivity contribution in [3.05, 3.63) is 89.8 Å². The monoisotopic (exact) mass is 444 g/mol. The highest BCUT2D eigenvalue weighted by molar-refractivity contribution is 6.51. The maximum Gasteiger partial charge on any atom is 0.300 e. The number of anilines is 1. The summed E-state index contributed by atoms with van der Waals surface area (Å²) in [5, 5.41) is 21.5. The van der Waals surface area contributed by atoms with Gasteiger partial charge < -0.3 is 14.9 Å². The Morgan fingerprint density at radius 2 is 1.73 bits per heavy atom. The number of rotatable bonds is 6. The Balaban J connectivity index is 1.82. The van der Waals surface area contributed by atoms with E-state index in [2.05, 4.69) is 4.98 Å². The Morgan fingerprint density at radius 3 is 2.36 bits per heavy atom. The van der Waals surface area contributed by atoms with Gasteiger partial charge in [0.2, 0.25) is 0 Å². The van der Waals surface area contributed by atoms with E-state index in [4.69, 9.17) is 4.74 Å². The number of phenols is 1. The molecule has 0 radical (unpaired) electrons. The topological polar surface area (TPSA) is 100.0 Å². The van der Waals surface area contributed by atoms with Crippen LogP contribution in [0.4, 0.5) is 5.69 Å². The molecule has 2 N–H and O–H groups in total. The summed E-state index contributed by atoms with van der Waals surface area (Å²) in [5.41, 5.74) is 0.811. The molecule has 0 spiro atoms. The molecule has 1 aliphatic rings. The fourth-order valence-electron chi connectivity index (χ4n) is 3.69. The maximum absolute atomic E-state index is 13.1. The molecular formula is C26H24N2O5. The molecule has 3 aromatic rings. The van der Waals surface area contributed by atoms with Crippen molar-refractivity contribution in [1.29, 1.82) is 0 Å². The second-order valence-electron chi connectivity index (χ2n) is 8.14. The highest BCUT2D eigenvalue weighted by Gasteiger charge is 2.48. The molecule has 0 saturated carbocycles. The number of aromatic nitrogens is 1. The third-order valence-corrected chi connectivity index (χ3v) is 5.26. The average molecular weight is 444 g/mol. The van der Waals surface area contributed by atoms with Gasteiger partial charge in [-0.15, -0.1) is 0 Å². The van der Waals surface area contributed by atoms with Crippen LogP contribution in [0.2, 0.25) is 0 Å². The van der Waals surface area contributed by atoms with Crippen LogP contribution < -0.4 is 9.64 Å². The second-order valence-corrected chi connectivity index (χ2v) is 8.14. The lowest BCUT2D eigenvalue weighted by atomic mass is 9.98. The largest absolute Gasteiger partial charge is 0.507 e. The summed E-state index contributed by atoms with van der Waals surface area (Å²) in [5.74, 6) is -1.19. The van der Waals surface area contributed by atoms with Gasteiger partial charge in [-0.2, -0.15) is 0 Å². The number of pyridine rings is 1. The molecule has 7 nitrogen and oxygen atoms in total. The zero-order valence-corrected chi connectivity index (χ0v) is 18.3. The lowest BCUT2D eigenvalue weighted by Crippen LogP contribution is -2.29. The minimum atomic E-state index is -1.00. The quantitative estimate of drug-likeness (QED) is 0.331. The number of hydrogen-bond donors (Lipinski definition) is 2. The normalized spacial score (nSPS) is 17.5. The Morgan fingerprint density at radius 1 is 1.03 bits per heavy atom. The predicted molar refractivity (Wildman–Crippen MR) is 124 cm³/mol. The highest BCUT2D eigenvalue weighted by Crippen LogP contribution is 2.44. The average Bonchev–Trinajstić information content (AvgIpc) is 3.09. The highest BCUT2D eigenvalue weighted by atomic mass is 16.5. The van der Waals surface area contributed by atoms with E-state index in [1.165, 1.54) is 17.0 Å². The van der Waals surface area contributed by atoms with Crippen molar-refractivity contribution in [2.24, 2.45) is 5.92 Å². The van der Waals surface area contributed by atoms with Gasteiger partial charge in [0, 0.05) is 11.8 Å². The van der Waals surface area contributed by atoms with Gasteiger partial charge in [0.25, 0.3) is 11.7 Å². The summed E-state index contributed by atoms with van der Waals surface area (Å²) in [7, 11) is 0. The minimum Gasteiger partial charge on any atom is -0.507 e. The van der Waals surface area contributed by atoms with Gasteiger partial charge in [-0.05, 0) is 54.4 Å². The Labute approximate surface area is 191 Å². The van der Waals surface area contributed by atoms with E-state index in [1.54, 1.807) is 60.8 Å². The number of aromatic hydroxyl groups is 1. The lowest BCUT2D eigenvalue weighted by Gasteiger charge is -2.25. The molecule has 0 bridgehead atoms. The Bertz CT molecular complexity index is 1200. The van der Waals surface area contributed by atoms with Gasteiger partial charge >= 0.3 is 0 Å². The van der Waals surface area contributed by atoms with Crippen molar-refractivity contribution in [1.82, 2.24) is 4.98 Å². The number of aliphatic hydroxyl groups is 1. The standard InChI is InChI=1S/C26H24N2O5/c1-16(2)15-33-18-12-10-17(11-13-18)24(30)22-23(19-7-5-6-14-27-19)28(26(32)25(22)31)20-8-3-4-9-21(20)29/h3-14,16,23,29-30H,15H2,1-2H3/b24-22-. The number of carbonyl (C=O) groups excluding carboxylic acids is 2. The number of hydrogen-bond acceptors (Lipinski definition) is 6. The van der Waals surface area contributed by atoms with Crippen LogP contribution in [0.25, 0.3) is 5.76 Å². The van der Waals surface area contributed by atoms with E-state index >= 15 is 0 Å². The number of ketones is 1. The molecular weight excluding hydrogens is 420 g/mol. The first-order chi connectivity index (χ1) is 15.9. The minimum absolute atomic E-state index is 0.0993. The number of phenolic OH excluding ortho intramolecular Hbond substituents is 1. The smallest absolute Gasteiger partial charge is 0.300 e. The molecule has 168 valence electrons. The van der Waals surface area contributed by atoms with Crippen molar-refractivity contribution in [2.75, 3.05) is 11.5 Å². The first kappa shape index (κ1) is 22.1. The van der Waals surface area contributed by atoms with Crippen LogP contribution in [0.3, 0.4) is 0 Å². The summed E-state index contributed by atoms with van der Waals surface area (Å²) in [6.45, 7) is 4.64. The summed E-state index contributed by atoms with van der Waals surface area (Å²) in [4.78, 5) is 31.7. The molecule has 1 amide bonds. The first-order valence-electron chi connectivity index (χ1n) is 10.6. The molecule has 2 aromatic carbocycles. The second kappa shape index (κ2) is 9.16. The van der Waals surface area contributed by atoms with E-state index in [0.717, 1.165) is 0 Å². The van der Waals surface area contributed by atoms with Crippen molar-refractivity contribution >= 4 is 23.1 Å². The number of nitrogens with zero attached hydrogens (tertiary/aromatic N) is 2. The maximum atomic E-state index is 13.1. The fraction of sp³-hybridized carbons (Fsp3) is 0.192. The van der Waals surface area contributed by atoms with Crippen LogP contribution >= 0.6 is 0 Å². The summed E-state index contributed by atoms with van der Waals surface area (Å²) >= 11 is 0. The molecule has 1 saturated heterocycles. The summed E-state index contributed by atoms with van der Waals surface area (Å²) < 4.78 is 5.68. The van der Waals surface area contributed by atoms with Gasteiger partial charge in [-0.25, -0.2) is 0 Å². The van der Waals surface area contributed by atoms with Gasteiger partial charge in [-0.3, -0.25) is 19.5 Å². The van der Waals surface area contributed by atoms with E-state index in [0.29, 0.717) is 29.5 Å². The number of ether oxygens (including phenoxy) is 1. The Kier molecular flexibility index (Phi) is 6.13. The molecule has 7 heteroatoms. The van der Waals surface area contributed by atoms with Gasteiger partial charge in [0.1, 0.15) is 23.3 Å². The van der Waals surface area contributed by atoms with E-state index in [1.807, 2.05) is 13.8 Å². The zero-order valence-electron chi connectivity index (χ0n) is 18.3. The number of aliphatic hydroxyl groups excluding tert-OH is 1. The molecule has 1 aromatic heterocycles. The predicted octanol–water partition coefficient (Wildman–Crippen LogP) is 4.45. The molecule has 4 rings (SSSR count). The van der Waals surface area contributed by atoms with Gasteiger partial charge in [0.05, 0.1) is 23.6 Å². The number of carbonyl (C=O) groups is 2. The van der Waals surface area contributed by atoms with Gasteiger partial charge in [0.15, 0.2) is 0 Å². The van der Waals surface area contributed by atoms with E-state index in [9.17, 15) is 19.8 Å². The number of benzene rings is 2. The summed E-state index contributed by atoms with van der Waals surface area (Å²) in [6.07, 6.45) is 1.54. The molecule has 1 aliphatic heterocycles. The van der Waals surface area contributed by atoms with Gasteiger partial charge in [-0.1, -0.05) is 32.0 Å². The van der Waals surface area contributed by atoms with Crippen LogP contribution in [0.5, 0.6) is 11.5 Å². The molecule has 33 heavy (non-hydrogen) atoms. The molecule has 1 fully saturated rings.